The average molecular weight is 379 g/mol. The number of carbonyl (C=O) groups is 1. The molecule has 28 heavy (non-hydrogen) atoms. The summed E-state index contributed by atoms with van der Waals surface area (Å²) >= 11 is 0. The number of nitrogens with zero attached hydrogens (tertiary/aromatic N) is 1. The third-order valence-electron chi connectivity index (χ3n) is 4.95. The SMILES string of the molecule is O=C(Cn1c(=O)[nH]c(=O)c2ccccc21)Nc1ccc(OC2CCCC2)cc1. The van der Waals surface area contributed by atoms with Gasteiger partial charge in [0, 0.05) is 5.69 Å². The molecule has 1 aliphatic rings. The van der Waals surface area contributed by atoms with Gasteiger partial charge in [0.25, 0.3) is 5.56 Å². The van der Waals surface area contributed by atoms with Gasteiger partial charge in [0.2, 0.25) is 5.91 Å². The molecule has 1 saturated carbocycles. The molecule has 0 saturated heterocycles. The van der Waals surface area contributed by atoms with Gasteiger partial charge in [-0.2, -0.15) is 0 Å². The van der Waals surface area contributed by atoms with E-state index >= 15 is 0 Å². The number of H-pyrrole nitrogens is 1. The Morgan fingerprint density at radius 1 is 1.07 bits per heavy atom. The first-order valence-corrected chi connectivity index (χ1v) is 9.38. The average Bonchev–Trinajstić information content (AvgIpc) is 3.20. The molecule has 1 aliphatic carbocycles. The molecule has 0 aliphatic heterocycles. The van der Waals surface area contributed by atoms with Gasteiger partial charge in [0.1, 0.15) is 12.3 Å². The van der Waals surface area contributed by atoms with Crippen LogP contribution in [0.1, 0.15) is 25.7 Å². The minimum atomic E-state index is -0.612. The number of aromatic amines is 1. The largest absolute Gasteiger partial charge is 0.490 e. The van der Waals surface area contributed by atoms with E-state index in [4.69, 9.17) is 4.74 Å². The van der Waals surface area contributed by atoms with Crippen molar-refractivity contribution in [2.24, 2.45) is 0 Å². The van der Waals surface area contributed by atoms with Crippen molar-refractivity contribution < 1.29 is 9.53 Å². The lowest BCUT2D eigenvalue weighted by Crippen LogP contribution is -2.33. The predicted molar refractivity (Wildman–Crippen MR) is 107 cm³/mol. The topological polar surface area (TPSA) is 93.2 Å². The number of rotatable bonds is 5. The molecule has 7 nitrogen and oxygen atoms in total. The second-order valence-electron chi connectivity index (χ2n) is 6.96. The molecule has 1 amide bonds. The van der Waals surface area contributed by atoms with Crippen LogP contribution in [-0.4, -0.2) is 21.6 Å². The van der Waals surface area contributed by atoms with Crippen LogP contribution in [0.25, 0.3) is 10.9 Å². The summed E-state index contributed by atoms with van der Waals surface area (Å²) < 4.78 is 7.17. The smallest absolute Gasteiger partial charge is 0.329 e. The molecule has 4 rings (SSSR count). The molecule has 7 heteroatoms. The highest BCUT2D eigenvalue weighted by molar-refractivity contribution is 5.91. The van der Waals surface area contributed by atoms with Gasteiger partial charge < -0.3 is 10.1 Å². The zero-order valence-corrected chi connectivity index (χ0v) is 15.3. The maximum absolute atomic E-state index is 12.4. The van der Waals surface area contributed by atoms with E-state index in [1.165, 1.54) is 17.4 Å². The van der Waals surface area contributed by atoms with E-state index in [0.29, 0.717) is 16.6 Å². The van der Waals surface area contributed by atoms with Gasteiger partial charge in [-0.25, -0.2) is 4.79 Å². The maximum atomic E-state index is 12.4. The number of ether oxygens (including phenoxy) is 1. The van der Waals surface area contributed by atoms with Crippen molar-refractivity contribution in [1.82, 2.24) is 9.55 Å². The Morgan fingerprint density at radius 2 is 1.79 bits per heavy atom. The lowest BCUT2D eigenvalue weighted by molar-refractivity contribution is -0.116. The zero-order valence-electron chi connectivity index (χ0n) is 15.3. The van der Waals surface area contributed by atoms with Crippen molar-refractivity contribution in [3.8, 4) is 5.75 Å². The monoisotopic (exact) mass is 379 g/mol. The van der Waals surface area contributed by atoms with E-state index in [-0.39, 0.29) is 18.6 Å². The van der Waals surface area contributed by atoms with Gasteiger partial charge in [-0.1, -0.05) is 12.1 Å². The van der Waals surface area contributed by atoms with Crippen LogP contribution in [-0.2, 0) is 11.3 Å². The fourth-order valence-corrected chi connectivity index (χ4v) is 3.56. The standard InChI is InChI=1S/C21H21N3O4/c25-19(13-24-18-8-4-3-7-17(18)20(26)23-21(24)27)22-14-9-11-16(12-10-14)28-15-5-1-2-6-15/h3-4,7-12,15H,1-2,5-6,13H2,(H,22,25)(H,23,26,27). The summed E-state index contributed by atoms with van der Waals surface area (Å²) in [5.74, 6) is 0.427. The van der Waals surface area contributed by atoms with Gasteiger partial charge in [-0.15, -0.1) is 0 Å². The molecular weight excluding hydrogens is 358 g/mol. The van der Waals surface area contributed by atoms with Crippen molar-refractivity contribution in [2.75, 3.05) is 5.32 Å². The van der Waals surface area contributed by atoms with Crippen LogP contribution in [0.3, 0.4) is 0 Å². The summed E-state index contributed by atoms with van der Waals surface area (Å²) in [6.45, 7) is -0.198. The Morgan fingerprint density at radius 3 is 2.54 bits per heavy atom. The molecule has 0 unspecified atom stereocenters. The quantitative estimate of drug-likeness (QED) is 0.713. The fraction of sp³-hybridized carbons (Fsp3) is 0.286. The third kappa shape index (κ3) is 3.83. The van der Waals surface area contributed by atoms with E-state index in [1.807, 2.05) is 12.1 Å². The van der Waals surface area contributed by atoms with Crippen molar-refractivity contribution in [3.63, 3.8) is 0 Å². The number of benzene rings is 2. The number of amides is 1. The lowest BCUT2D eigenvalue weighted by Gasteiger charge is -2.14. The van der Waals surface area contributed by atoms with Gasteiger partial charge in [-0.05, 0) is 62.1 Å². The van der Waals surface area contributed by atoms with Crippen LogP contribution in [0, 0.1) is 0 Å². The molecule has 0 radical (unpaired) electrons. The molecule has 1 heterocycles. The van der Waals surface area contributed by atoms with E-state index in [9.17, 15) is 14.4 Å². The van der Waals surface area contributed by atoms with Crippen LogP contribution in [0.2, 0.25) is 0 Å². The second-order valence-corrected chi connectivity index (χ2v) is 6.96. The van der Waals surface area contributed by atoms with Crippen molar-refractivity contribution in [1.29, 1.82) is 0 Å². The third-order valence-corrected chi connectivity index (χ3v) is 4.95. The van der Waals surface area contributed by atoms with Crippen LogP contribution in [0.4, 0.5) is 5.69 Å². The Kier molecular flexibility index (Phi) is 4.97. The van der Waals surface area contributed by atoms with Crippen molar-refractivity contribution in [3.05, 3.63) is 69.4 Å². The Bertz CT molecular complexity index is 1110. The highest BCUT2D eigenvalue weighted by atomic mass is 16.5. The summed E-state index contributed by atoms with van der Waals surface area (Å²) in [4.78, 5) is 38.7. The van der Waals surface area contributed by atoms with Crippen LogP contribution in [0.5, 0.6) is 5.75 Å². The summed E-state index contributed by atoms with van der Waals surface area (Å²) in [5, 5.41) is 3.14. The summed E-state index contributed by atoms with van der Waals surface area (Å²) in [6, 6.07) is 13.9. The molecule has 1 fully saturated rings. The first-order valence-electron chi connectivity index (χ1n) is 9.38. The minimum Gasteiger partial charge on any atom is -0.490 e. The molecule has 1 aromatic heterocycles. The molecule has 0 spiro atoms. The Hall–Kier alpha value is -3.35. The first-order chi connectivity index (χ1) is 13.6. The van der Waals surface area contributed by atoms with Gasteiger partial charge >= 0.3 is 5.69 Å². The van der Waals surface area contributed by atoms with Gasteiger partial charge in [0.05, 0.1) is 17.0 Å². The highest BCUT2D eigenvalue weighted by Gasteiger charge is 2.16. The molecular formula is C21H21N3O4. The molecule has 0 atom stereocenters. The Labute approximate surface area is 161 Å². The molecule has 2 aromatic carbocycles. The number of nitrogens with one attached hydrogen (secondary N) is 2. The second kappa shape index (κ2) is 7.72. The number of anilines is 1. The summed E-state index contributed by atoms with van der Waals surface area (Å²) in [7, 11) is 0. The molecule has 2 N–H and O–H groups in total. The summed E-state index contributed by atoms with van der Waals surface area (Å²) in [5.41, 5.74) is -0.0356. The molecule has 0 bridgehead atoms. The molecule has 3 aromatic rings. The number of hydrogen-bond donors (Lipinski definition) is 2. The number of para-hydroxylation sites is 1. The van der Waals surface area contributed by atoms with Crippen LogP contribution >= 0.6 is 0 Å². The lowest BCUT2D eigenvalue weighted by atomic mass is 10.2. The first kappa shape index (κ1) is 18.0. The van der Waals surface area contributed by atoms with Gasteiger partial charge in [0.15, 0.2) is 0 Å². The number of fused-ring (bicyclic) bond motifs is 1. The number of hydrogen-bond acceptors (Lipinski definition) is 4. The zero-order chi connectivity index (χ0) is 19.5. The van der Waals surface area contributed by atoms with Gasteiger partial charge in [-0.3, -0.25) is 19.1 Å². The van der Waals surface area contributed by atoms with Crippen LogP contribution in [0.15, 0.2) is 58.1 Å². The fourth-order valence-electron chi connectivity index (χ4n) is 3.56. The van der Waals surface area contributed by atoms with E-state index in [1.54, 1.807) is 36.4 Å². The van der Waals surface area contributed by atoms with Crippen molar-refractivity contribution in [2.45, 2.75) is 38.3 Å². The van der Waals surface area contributed by atoms with E-state index in [2.05, 4.69) is 10.3 Å². The van der Waals surface area contributed by atoms with E-state index < -0.39 is 11.2 Å². The van der Waals surface area contributed by atoms with E-state index in [0.717, 1.165) is 18.6 Å². The minimum absolute atomic E-state index is 0.198. The number of aromatic nitrogens is 2. The van der Waals surface area contributed by atoms with Crippen LogP contribution < -0.4 is 21.3 Å². The predicted octanol–water partition coefficient (Wildman–Crippen LogP) is 2.65. The summed E-state index contributed by atoms with van der Waals surface area (Å²) in [6.07, 6.45) is 4.86. The normalized spacial score (nSPS) is 14.3. The van der Waals surface area contributed by atoms with Crippen molar-refractivity contribution >= 4 is 22.5 Å². The number of carbonyl (C=O) groups excluding carboxylic acids is 1. The highest BCUT2D eigenvalue weighted by Crippen LogP contribution is 2.25. The Balaban J connectivity index is 1.47. The molecule has 144 valence electrons. The maximum Gasteiger partial charge on any atom is 0.329 e.